The Kier molecular flexibility index (Phi) is 52.7. The van der Waals surface area contributed by atoms with E-state index in [4.69, 9.17) is 29.8 Å². The third-order valence-corrected chi connectivity index (χ3v) is 0. The molecule has 0 bridgehead atoms. The van der Waals surface area contributed by atoms with Crippen LogP contribution in [0.3, 0.4) is 0 Å². The molecule has 0 aliphatic carbocycles. The van der Waals surface area contributed by atoms with Gasteiger partial charge in [-0.15, -0.1) is 0 Å². The summed E-state index contributed by atoms with van der Waals surface area (Å²) in [5, 5.41) is 0. The van der Waals surface area contributed by atoms with Crippen LogP contribution >= 0.6 is 7.82 Å². The summed E-state index contributed by atoms with van der Waals surface area (Å²) in [4.78, 5) is 21.6. The van der Waals surface area contributed by atoms with Crippen molar-refractivity contribution in [1.29, 1.82) is 0 Å². The van der Waals surface area contributed by atoms with Gasteiger partial charge >= 0.3 is 36.0 Å². The van der Waals surface area contributed by atoms with Crippen LogP contribution in [0.2, 0.25) is 0 Å². The molecule has 0 aliphatic heterocycles. The van der Waals surface area contributed by atoms with Crippen LogP contribution in [0, 0.1) is 0 Å². The molecule has 0 fully saturated rings. The van der Waals surface area contributed by atoms with Crippen LogP contribution in [0.1, 0.15) is 0 Å². The summed E-state index contributed by atoms with van der Waals surface area (Å²) in [7, 11) is -4.64. The summed E-state index contributed by atoms with van der Waals surface area (Å²) in [6, 6.07) is 0. The fourth-order valence-electron chi connectivity index (χ4n) is 0. The van der Waals surface area contributed by atoms with E-state index in [0.717, 1.165) is 0 Å². The van der Waals surface area contributed by atoms with Crippen molar-refractivity contribution < 1.29 is 63.8 Å². The summed E-state index contributed by atoms with van der Waals surface area (Å²) in [6.07, 6.45) is 0. The number of rotatable bonds is 0. The van der Waals surface area contributed by atoms with E-state index in [1.807, 2.05) is 0 Å². The Morgan fingerprint density at radius 2 is 1.00 bits per heavy atom. The van der Waals surface area contributed by atoms with Gasteiger partial charge in [-0.2, -0.15) is 0 Å². The molecule has 13 N–H and O–H groups in total. The van der Waals surface area contributed by atoms with Gasteiger partial charge in [0, 0.05) is 0 Å². The molecular weight excluding hydrogens is 389 g/mol. The van der Waals surface area contributed by atoms with Gasteiger partial charge in [-0.05, 0) is 0 Å². The van der Waals surface area contributed by atoms with Crippen LogP contribution in [0.25, 0.3) is 0 Å². The van der Waals surface area contributed by atoms with Gasteiger partial charge in [-0.1, -0.05) is 0 Å². The monoisotopic (exact) mass is 402 g/mol. The van der Waals surface area contributed by atoms with Gasteiger partial charge in [-0.3, -0.25) is 0 Å². The van der Waals surface area contributed by atoms with Gasteiger partial charge in [0.05, 0.1) is 0 Å². The van der Waals surface area contributed by atoms with Gasteiger partial charge in [-0.25, -0.2) is 4.57 Å². The van der Waals surface area contributed by atoms with Crippen molar-refractivity contribution in [3.05, 3.63) is 0 Å². The van der Waals surface area contributed by atoms with Gasteiger partial charge in [0.25, 0.3) is 0 Å². The summed E-state index contributed by atoms with van der Waals surface area (Å²) in [5.41, 5.74) is 0. The van der Waals surface area contributed by atoms with Gasteiger partial charge in [0.15, 0.2) is 0 Å². The number of hydrogen-bond donors (Lipinski definition) is 4. The zero-order valence-corrected chi connectivity index (χ0v) is 10.2. The molecule has 0 saturated heterocycles. The van der Waals surface area contributed by atoms with Crippen molar-refractivity contribution >= 4 is 7.82 Å². The molecule has 0 saturated carbocycles. The van der Waals surface area contributed by atoms with Crippen LogP contribution in [-0.4, -0.2) is 31.1 Å². The summed E-state index contributed by atoms with van der Waals surface area (Å²) in [6.45, 7) is 0. The van der Waals surface area contributed by atoms with E-state index >= 15 is 0 Å². The zero-order chi connectivity index (χ0) is 8.08. The molecule has 0 aromatic heterocycles. The number of quaternary nitrogens is 1. The molecule has 0 atom stereocenters. The van der Waals surface area contributed by atoms with E-state index in [0.29, 0.717) is 0 Å². The first-order chi connectivity index (χ1) is 3.73. The second-order valence-corrected chi connectivity index (χ2v) is 3.21. The predicted octanol–water partition coefficient (Wildman–Crippen LogP) is -4.46. The Morgan fingerprint density at radius 3 is 1.00 bits per heavy atom. The van der Waals surface area contributed by atoms with E-state index < -0.39 is 25.4 Å². The third-order valence-electron chi connectivity index (χ3n) is 0. The molecule has 0 radical (unpaired) electrons. The van der Waals surface area contributed by atoms with E-state index in [1.54, 1.807) is 0 Å². The molecule has 89 valence electrons. The SMILES string of the molecule is O.O.O.O=P(O)(O)O.[NH4+].[O]=[W](=[O])[O-]. The Labute approximate surface area is 78.4 Å². The molecule has 0 rings (SSSR count). The van der Waals surface area contributed by atoms with Crippen molar-refractivity contribution in [3.63, 3.8) is 0 Å². The summed E-state index contributed by atoms with van der Waals surface area (Å²) in [5.74, 6) is 0. The van der Waals surface area contributed by atoms with Gasteiger partial charge in [0.2, 0.25) is 0 Å². The van der Waals surface area contributed by atoms with Crippen molar-refractivity contribution in [1.82, 2.24) is 6.15 Å². The van der Waals surface area contributed by atoms with E-state index in [1.165, 1.54) is 0 Å². The molecule has 0 spiro atoms. The fourth-order valence-corrected chi connectivity index (χ4v) is 0. The molecule has 0 aromatic carbocycles. The van der Waals surface area contributed by atoms with Crippen LogP contribution in [0.5, 0.6) is 0 Å². The fraction of sp³-hybridized carbons (Fsp3) is 0. The van der Waals surface area contributed by atoms with Crippen LogP contribution in [-0.2, 0) is 29.0 Å². The molecule has 13 heteroatoms. The normalized spacial score (nSPS) is 6.46. The summed E-state index contributed by atoms with van der Waals surface area (Å²) >= 11 is -4.28. The Balaban J connectivity index is -0.0000000146. The van der Waals surface area contributed by atoms with Crippen molar-refractivity contribution in [3.8, 4) is 0 Å². The summed E-state index contributed by atoms with van der Waals surface area (Å²) < 4.78 is 34.7. The molecule has 0 aromatic rings. The van der Waals surface area contributed by atoms with E-state index in [9.17, 15) is 0 Å². The maximum absolute atomic E-state index is 8.88. The first-order valence-corrected chi connectivity index (χ1v) is 6.44. The van der Waals surface area contributed by atoms with Crippen molar-refractivity contribution in [2.75, 3.05) is 0 Å². The molecule has 0 heterocycles. The second-order valence-electron chi connectivity index (χ2n) is 0.717. The molecular formula is H13NO10PW. The van der Waals surface area contributed by atoms with Crippen LogP contribution < -0.4 is 9.91 Å². The van der Waals surface area contributed by atoms with Crippen molar-refractivity contribution in [2.24, 2.45) is 0 Å². The first-order valence-electron chi connectivity index (χ1n) is 1.28. The molecule has 0 aliphatic rings. The molecule has 0 unspecified atom stereocenters. The molecule has 0 amide bonds. The molecule has 13 heavy (non-hydrogen) atoms. The topological polar surface area (TPSA) is 266 Å². The minimum atomic E-state index is -4.64. The predicted molar refractivity (Wildman–Crippen MR) is 32.5 cm³/mol. The zero-order valence-electron chi connectivity index (χ0n) is 6.33. The third kappa shape index (κ3) is 32300. The average molecular weight is 402 g/mol. The second kappa shape index (κ2) is 18.1. The van der Waals surface area contributed by atoms with Gasteiger partial charge < -0.3 is 37.3 Å². The minimum absolute atomic E-state index is 0. The standard InChI is InChI=1S/H3N.H3O4P.3H2O.3O.W/c;1-5(2,3)4;;;;;;;/h1H3;(H3,1,2,3,4);3*1H2;;;;/q;;;;;;;-1;/p+1. The number of hydrogen-bond acceptors (Lipinski definition) is 4. The van der Waals surface area contributed by atoms with E-state index in [2.05, 4.69) is 0 Å². The van der Waals surface area contributed by atoms with E-state index in [-0.39, 0.29) is 22.6 Å². The van der Waals surface area contributed by atoms with Crippen LogP contribution in [0.15, 0.2) is 0 Å². The maximum atomic E-state index is 8.88. The van der Waals surface area contributed by atoms with Gasteiger partial charge in [0.1, 0.15) is 0 Å². The number of phosphoric acid groups is 1. The van der Waals surface area contributed by atoms with Crippen LogP contribution in [0.4, 0.5) is 0 Å². The average Bonchev–Trinajstić information content (AvgIpc) is 1.19. The molecule has 11 nitrogen and oxygen atoms in total. The Bertz CT molecular complexity index is 149. The van der Waals surface area contributed by atoms with Crippen molar-refractivity contribution in [2.45, 2.75) is 0 Å². The first kappa shape index (κ1) is 37.9. The Morgan fingerprint density at radius 1 is 1.00 bits per heavy atom. The quantitative estimate of drug-likeness (QED) is 0.288. The Hall–Kier alpha value is 0.198.